The van der Waals surface area contributed by atoms with E-state index in [1.807, 2.05) is 10.9 Å². The van der Waals surface area contributed by atoms with Crippen molar-refractivity contribution in [1.82, 2.24) is 15.1 Å². The summed E-state index contributed by atoms with van der Waals surface area (Å²) >= 11 is 0. The molecule has 2 N–H and O–H groups in total. The first-order chi connectivity index (χ1) is 8.16. The molecule has 5 heteroatoms. The Labute approximate surface area is 102 Å². The topological polar surface area (TPSA) is 59.0 Å². The SMILES string of the molecule is CC(C)n1cc(NC(=O)[C@@H]2CCCNC2)cn1. The van der Waals surface area contributed by atoms with Gasteiger partial charge in [-0.05, 0) is 33.2 Å². The van der Waals surface area contributed by atoms with Crippen LogP contribution < -0.4 is 10.6 Å². The summed E-state index contributed by atoms with van der Waals surface area (Å²) in [5, 5.41) is 10.4. The van der Waals surface area contributed by atoms with Gasteiger partial charge in [-0.1, -0.05) is 0 Å². The molecule has 1 aliphatic heterocycles. The Morgan fingerprint density at radius 2 is 2.47 bits per heavy atom. The first kappa shape index (κ1) is 12.1. The average Bonchev–Trinajstić information content (AvgIpc) is 2.79. The van der Waals surface area contributed by atoms with Gasteiger partial charge in [0.05, 0.1) is 17.8 Å². The van der Waals surface area contributed by atoms with E-state index in [2.05, 4.69) is 29.6 Å². The molecule has 5 nitrogen and oxygen atoms in total. The third kappa shape index (κ3) is 3.06. The summed E-state index contributed by atoms with van der Waals surface area (Å²) < 4.78 is 1.84. The van der Waals surface area contributed by atoms with Crippen molar-refractivity contribution >= 4 is 11.6 Å². The van der Waals surface area contributed by atoms with Gasteiger partial charge < -0.3 is 10.6 Å². The smallest absolute Gasteiger partial charge is 0.228 e. The van der Waals surface area contributed by atoms with E-state index < -0.39 is 0 Å². The van der Waals surface area contributed by atoms with Crippen molar-refractivity contribution in [2.45, 2.75) is 32.7 Å². The Morgan fingerprint density at radius 1 is 1.65 bits per heavy atom. The second-order valence-electron chi connectivity index (χ2n) is 4.84. The molecular weight excluding hydrogens is 216 g/mol. The van der Waals surface area contributed by atoms with E-state index in [9.17, 15) is 4.79 Å². The third-order valence-electron chi connectivity index (χ3n) is 3.07. The number of aromatic nitrogens is 2. The van der Waals surface area contributed by atoms with Crippen LogP contribution in [0.1, 0.15) is 32.7 Å². The number of rotatable bonds is 3. The highest BCUT2D eigenvalue weighted by Gasteiger charge is 2.21. The van der Waals surface area contributed by atoms with Gasteiger partial charge in [0.25, 0.3) is 0 Å². The quantitative estimate of drug-likeness (QED) is 0.834. The predicted molar refractivity (Wildman–Crippen MR) is 66.8 cm³/mol. The summed E-state index contributed by atoms with van der Waals surface area (Å²) in [6.07, 6.45) is 5.62. The van der Waals surface area contributed by atoms with E-state index >= 15 is 0 Å². The van der Waals surface area contributed by atoms with E-state index in [0.717, 1.165) is 31.6 Å². The van der Waals surface area contributed by atoms with Gasteiger partial charge in [0.2, 0.25) is 5.91 Å². The number of anilines is 1. The van der Waals surface area contributed by atoms with Crippen molar-refractivity contribution in [3.05, 3.63) is 12.4 Å². The molecule has 0 aliphatic carbocycles. The number of carbonyl (C=O) groups excluding carboxylic acids is 1. The third-order valence-corrected chi connectivity index (χ3v) is 3.07. The highest BCUT2D eigenvalue weighted by Crippen LogP contribution is 2.15. The second-order valence-corrected chi connectivity index (χ2v) is 4.84. The van der Waals surface area contributed by atoms with Crippen LogP contribution in [0.2, 0.25) is 0 Å². The normalized spacial score (nSPS) is 20.5. The Morgan fingerprint density at radius 3 is 3.06 bits per heavy atom. The molecule has 0 saturated carbocycles. The van der Waals surface area contributed by atoms with Crippen LogP contribution in [-0.4, -0.2) is 28.8 Å². The molecular formula is C12H20N4O. The molecule has 1 amide bonds. The molecule has 1 fully saturated rings. The van der Waals surface area contributed by atoms with Gasteiger partial charge in [0.1, 0.15) is 0 Å². The predicted octanol–water partition coefficient (Wildman–Crippen LogP) is 1.40. The molecule has 0 unspecified atom stereocenters. The number of piperidine rings is 1. The van der Waals surface area contributed by atoms with Crippen molar-refractivity contribution < 1.29 is 4.79 Å². The van der Waals surface area contributed by atoms with E-state index in [-0.39, 0.29) is 11.8 Å². The maximum atomic E-state index is 12.0. The summed E-state index contributed by atoms with van der Waals surface area (Å²) in [7, 11) is 0. The van der Waals surface area contributed by atoms with Gasteiger partial charge in [0.15, 0.2) is 0 Å². The second kappa shape index (κ2) is 5.31. The fourth-order valence-corrected chi connectivity index (χ4v) is 2.00. The molecule has 1 aliphatic rings. The van der Waals surface area contributed by atoms with E-state index in [1.54, 1.807) is 6.20 Å². The largest absolute Gasteiger partial charge is 0.323 e. The highest BCUT2D eigenvalue weighted by molar-refractivity contribution is 5.92. The van der Waals surface area contributed by atoms with Crippen molar-refractivity contribution in [2.75, 3.05) is 18.4 Å². The van der Waals surface area contributed by atoms with Crippen LogP contribution in [0, 0.1) is 5.92 Å². The number of hydrogen-bond acceptors (Lipinski definition) is 3. The summed E-state index contributed by atoms with van der Waals surface area (Å²) in [6, 6.07) is 0.317. The van der Waals surface area contributed by atoms with Gasteiger partial charge in [0, 0.05) is 18.8 Å². The van der Waals surface area contributed by atoms with E-state index in [1.165, 1.54) is 0 Å². The zero-order chi connectivity index (χ0) is 12.3. The Balaban J connectivity index is 1.92. The van der Waals surface area contributed by atoms with E-state index in [4.69, 9.17) is 0 Å². The molecule has 94 valence electrons. The molecule has 1 aromatic rings. The number of carbonyl (C=O) groups is 1. The lowest BCUT2D eigenvalue weighted by Gasteiger charge is -2.21. The summed E-state index contributed by atoms with van der Waals surface area (Å²) in [5.41, 5.74) is 0.786. The van der Waals surface area contributed by atoms with Gasteiger partial charge in [-0.15, -0.1) is 0 Å². The van der Waals surface area contributed by atoms with Gasteiger partial charge in [-0.25, -0.2) is 0 Å². The highest BCUT2D eigenvalue weighted by atomic mass is 16.1. The lowest BCUT2D eigenvalue weighted by molar-refractivity contribution is -0.120. The lowest BCUT2D eigenvalue weighted by atomic mass is 9.99. The minimum absolute atomic E-state index is 0.0890. The molecule has 0 aromatic carbocycles. The first-order valence-corrected chi connectivity index (χ1v) is 6.22. The maximum Gasteiger partial charge on any atom is 0.228 e. The van der Waals surface area contributed by atoms with Gasteiger partial charge in [-0.2, -0.15) is 5.10 Å². The Bertz CT molecular complexity index is 380. The lowest BCUT2D eigenvalue weighted by Crippen LogP contribution is -2.37. The molecule has 0 bridgehead atoms. The fourth-order valence-electron chi connectivity index (χ4n) is 2.00. The maximum absolute atomic E-state index is 12.0. The van der Waals surface area contributed by atoms with Crippen LogP contribution in [-0.2, 0) is 4.79 Å². The monoisotopic (exact) mass is 236 g/mol. The molecule has 1 aromatic heterocycles. The standard InChI is InChI=1S/C12H20N4O/c1-9(2)16-8-11(7-14-16)15-12(17)10-4-3-5-13-6-10/h7-10,13H,3-6H2,1-2H3,(H,15,17)/t10-/m1/s1. The Hall–Kier alpha value is -1.36. The number of amides is 1. The number of nitrogens with one attached hydrogen (secondary N) is 2. The molecule has 2 heterocycles. The summed E-state index contributed by atoms with van der Waals surface area (Å²) in [6.45, 7) is 5.92. The molecule has 0 spiro atoms. The Kier molecular flexibility index (Phi) is 3.78. The van der Waals surface area contributed by atoms with Crippen LogP contribution in [0.25, 0.3) is 0 Å². The van der Waals surface area contributed by atoms with E-state index in [0.29, 0.717) is 6.04 Å². The zero-order valence-corrected chi connectivity index (χ0v) is 10.4. The van der Waals surface area contributed by atoms with Gasteiger partial charge >= 0.3 is 0 Å². The molecule has 1 atom stereocenters. The fraction of sp³-hybridized carbons (Fsp3) is 0.667. The van der Waals surface area contributed by atoms with Crippen LogP contribution in [0.15, 0.2) is 12.4 Å². The van der Waals surface area contributed by atoms with Crippen LogP contribution >= 0.6 is 0 Å². The minimum Gasteiger partial charge on any atom is -0.323 e. The van der Waals surface area contributed by atoms with Crippen molar-refractivity contribution in [3.8, 4) is 0 Å². The van der Waals surface area contributed by atoms with Crippen molar-refractivity contribution in [3.63, 3.8) is 0 Å². The van der Waals surface area contributed by atoms with Crippen molar-refractivity contribution in [2.24, 2.45) is 5.92 Å². The molecule has 0 radical (unpaired) electrons. The van der Waals surface area contributed by atoms with Crippen LogP contribution in [0.3, 0.4) is 0 Å². The minimum atomic E-state index is 0.0890. The first-order valence-electron chi connectivity index (χ1n) is 6.22. The summed E-state index contributed by atoms with van der Waals surface area (Å²) in [5.74, 6) is 0.187. The zero-order valence-electron chi connectivity index (χ0n) is 10.4. The average molecular weight is 236 g/mol. The van der Waals surface area contributed by atoms with Crippen LogP contribution in [0.4, 0.5) is 5.69 Å². The van der Waals surface area contributed by atoms with Crippen LogP contribution in [0.5, 0.6) is 0 Å². The summed E-state index contributed by atoms with van der Waals surface area (Å²) in [4.78, 5) is 12.0. The molecule has 17 heavy (non-hydrogen) atoms. The molecule has 2 rings (SSSR count). The number of hydrogen-bond donors (Lipinski definition) is 2. The number of nitrogens with zero attached hydrogens (tertiary/aromatic N) is 2. The molecule has 1 saturated heterocycles. The van der Waals surface area contributed by atoms with Crippen molar-refractivity contribution in [1.29, 1.82) is 0 Å². The van der Waals surface area contributed by atoms with Gasteiger partial charge in [-0.3, -0.25) is 9.48 Å².